The van der Waals surface area contributed by atoms with Crippen LogP contribution in [0.25, 0.3) is 10.2 Å². The number of halogens is 1. The minimum Gasteiger partial charge on any atom is -0.325 e. The van der Waals surface area contributed by atoms with Gasteiger partial charge in [0, 0.05) is 12.1 Å². The van der Waals surface area contributed by atoms with Crippen LogP contribution in [0.4, 0.5) is 10.8 Å². The molecule has 0 atom stereocenters. The van der Waals surface area contributed by atoms with Gasteiger partial charge in [0.1, 0.15) is 5.52 Å². The molecule has 2 aromatic rings. The van der Waals surface area contributed by atoms with Crippen molar-refractivity contribution in [1.29, 1.82) is 0 Å². The Morgan fingerprint density at radius 3 is 2.86 bits per heavy atom. The number of amides is 1. The number of carbonyl (C=O) groups excluding carboxylic acids is 1. The second-order valence-corrected chi connectivity index (χ2v) is 6.31. The van der Waals surface area contributed by atoms with Crippen LogP contribution in [0.3, 0.4) is 0 Å². The van der Waals surface area contributed by atoms with Crippen LogP contribution in [-0.2, 0) is 4.79 Å². The summed E-state index contributed by atoms with van der Waals surface area (Å²) in [7, 11) is 0. The predicted molar refractivity (Wildman–Crippen MR) is 95.2 cm³/mol. The topological polar surface area (TPSA) is 66.4 Å². The molecule has 0 aliphatic carbocycles. The first-order valence-corrected chi connectivity index (χ1v) is 8.42. The Morgan fingerprint density at radius 1 is 1.41 bits per heavy atom. The first-order chi connectivity index (χ1) is 10.5. The minimum absolute atomic E-state index is 0.00567. The van der Waals surface area contributed by atoms with E-state index in [0.29, 0.717) is 22.1 Å². The molecule has 0 unspecified atom stereocenters. The molecule has 0 aliphatic heterocycles. The van der Waals surface area contributed by atoms with E-state index in [1.165, 1.54) is 11.3 Å². The van der Waals surface area contributed by atoms with Crippen molar-refractivity contribution in [2.24, 2.45) is 5.10 Å². The number of nitrogens with zero attached hydrogens (tertiary/aromatic N) is 2. The second-order valence-electron chi connectivity index (χ2n) is 4.90. The van der Waals surface area contributed by atoms with Crippen molar-refractivity contribution in [3.8, 4) is 0 Å². The number of nitrogens with one attached hydrogen (secondary N) is 2. The molecule has 0 fully saturated rings. The number of hydrogen-bond acceptors (Lipinski definition) is 5. The van der Waals surface area contributed by atoms with Crippen LogP contribution in [0.2, 0.25) is 5.02 Å². The van der Waals surface area contributed by atoms with Crippen molar-refractivity contribution in [1.82, 2.24) is 4.98 Å². The van der Waals surface area contributed by atoms with Gasteiger partial charge in [0.25, 0.3) is 0 Å². The highest BCUT2D eigenvalue weighted by atomic mass is 35.5. The largest absolute Gasteiger partial charge is 0.325 e. The van der Waals surface area contributed by atoms with Crippen LogP contribution in [0.1, 0.15) is 40.0 Å². The van der Waals surface area contributed by atoms with Gasteiger partial charge in [0.15, 0.2) is 0 Å². The third kappa shape index (κ3) is 3.96. The number of fused-ring (bicyclic) bond motifs is 1. The number of carbonyl (C=O) groups is 1. The lowest BCUT2D eigenvalue weighted by molar-refractivity contribution is -0.116. The lowest BCUT2D eigenvalue weighted by atomic mass is 10.2. The maximum absolute atomic E-state index is 11.8. The molecular weight excluding hydrogens is 320 g/mol. The SMILES string of the molecule is CCCC(=O)Nc1ccc(Cl)c2nc(N/N=C(/C)CC)sc12. The summed E-state index contributed by atoms with van der Waals surface area (Å²) < 4.78 is 0.851. The van der Waals surface area contributed by atoms with Gasteiger partial charge in [-0.15, -0.1) is 0 Å². The van der Waals surface area contributed by atoms with E-state index in [1.807, 2.05) is 20.8 Å². The third-order valence-electron chi connectivity index (χ3n) is 3.10. The van der Waals surface area contributed by atoms with Gasteiger partial charge in [0.2, 0.25) is 11.0 Å². The molecule has 1 aromatic heterocycles. The highest BCUT2D eigenvalue weighted by Gasteiger charge is 2.13. The molecule has 118 valence electrons. The van der Waals surface area contributed by atoms with E-state index in [1.54, 1.807) is 12.1 Å². The number of thiazole rings is 1. The Bertz CT molecular complexity index is 711. The molecule has 0 saturated carbocycles. The van der Waals surface area contributed by atoms with Gasteiger partial charge in [-0.05, 0) is 31.9 Å². The summed E-state index contributed by atoms with van der Waals surface area (Å²) in [5.74, 6) is -0.00567. The number of benzene rings is 1. The molecule has 2 N–H and O–H groups in total. The van der Waals surface area contributed by atoms with E-state index in [4.69, 9.17) is 11.6 Å². The van der Waals surface area contributed by atoms with Crippen molar-refractivity contribution in [3.05, 3.63) is 17.2 Å². The van der Waals surface area contributed by atoms with Gasteiger partial charge in [-0.3, -0.25) is 10.2 Å². The maximum atomic E-state index is 11.8. The van der Waals surface area contributed by atoms with Crippen LogP contribution >= 0.6 is 22.9 Å². The Balaban J connectivity index is 2.33. The molecule has 5 nitrogen and oxygen atoms in total. The van der Waals surface area contributed by atoms with Gasteiger partial charge in [-0.2, -0.15) is 5.10 Å². The number of aromatic nitrogens is 1. The van der Waals surface area contributed by atoms with Gasteiger partial charge in [0.05, 0.1) is 15.4 Å². The van der Waals surface area contributed by atoms with Crippen LogP contribution in [0.5, 0.6) is 0 Å². The van der Waals surface area contributed by atoms with Crippen molar-refractivity contribution in [2.75, 3.05) is 10.7 Å². The molecule has 1 heterocycles. The Labute approximate surface area is 138 Å². The summed E-state index contributed by atoms with van der Waals surface area (Å²) >= 11 is 7.62. The average Bonchev–Trinajstić information content (AvgIpc) is 2.93. The smallest absolute Gasteiger partial charge is 0.224 e. The van der Waals surface area contributed by atoms with Crippen molar-refractivity contribution < 1.29 is 4.79 Å². The molecule has 0 radical (unpaired) electrons. The summed E-state index contributed by atoms with van der Waals surface area (Å²) in [5.41, 5.74) is 5.34. The first-order valence-electron chi connectivity index (χ1n) is 7.23. The van der Waals surface area contributed by atoms with Crippen LogP contribution < -0.4 is 10.7 Å². The molecule has 1 amide bonds. The highest BCUT2D eigenvalue weighted by molar-refractivity contribution is 7.22. The predicted octanol–water partition coefficient (Wildman–Crippen LogP) is 4.89. The number of rotatable bonds is 6. The molecule has 0 bridgehead atoms. The first kappa shape index (κ1) is 16.7. The molecule has 2 rings (SSSR count). The zero-order valence-electron chi connectivity index (χ0n) is 12.9. The molecule has 0 saturated heterocycles. The van der Waals surface area contributed by atoms with Gasteiger partial charge >= 0.3 is 0 Å². The van der Waals surface area contributed by atoms with Crippen molar-refractivity contribution >= 4 is 55.6 Å². The molecule has 0 spiro atoms. The van der Waals surface area contributed by atoms with E-state index in [0.717, 1.165) is 28.9 Å². The van der Waals surface area contributed by atoms with Crippen molar-refractivity contribution in [3.63, 3.8) is 0 Å². The number of hydrazone groups is 1. The van der Waals surface area contributed by atoms with E-state index in [-0.39, 0.29) is 5.91 Å². The molecule has 22 heavy (non-hydrogen) atoms. The summed E-state index contributed by atoms with van der Waals surface area (Å²) in [6.45, 7) is 5.96. The zero-order valence-corrected chi connectivity index (χ0v) is 14.4. The number of hydrogen-bond donors (Lipinski definition) is 2. The van der Waals surface area contributed by atoms with Crippen LogP contribution in [0, 0.1) is 0 Å². The maximum Gasteiger partial charge on any atom is 0.224 e. The summed E-state index contributed by atoms with van der Waals surface area (Å²) in [6.07, 6.45) is 2.17. The molecule has 0 aliphatic rings. The fraction of sp³-hybridized carbons (Fsp3) is 0.400. The third-order valence-corrected chi connectivity index (χ3v) is 4.40. The van der Waals surface area contributed by atoms with E-state index >= 15 is 0 Å². The minimum atomic E-state index is -0.00567. The lowest BCUT2D eigenvalue weighted by Crippen LogP contribution is -2.10. The van der Waals surface area contributed by atoms with Crippen LogP contribution in [-0.4, -0.2) is 16.6 Å². The van der Waals surface area contributed by atoms with E-state index in [2.05, 4.69) is 20.8 Å². The van der Waals surface area contributed by atoms with Gasteiger partial charge < -0.3 is 5.32 Å². The zero-order chi connectivity index (χ0) is 16.1. The van der Waals surface area contributed by atoms with E-state index in [9.17, 15) is 4.79 Å². The van der Waals surface area contributed by atoms with Gasteiger partial charge in [-0.25, -0.2) is 4.98 Å². The fourth-order valence-electron chi connectivity index (χ4n) is 1.78. The van der Waals surface area contributed by atoms with E-state index < -0.39 is 0 Å². The van der Waals surface area contributed by atoms with Crippen LogP contribution in [0.15, 0.2) is 17.2 Å². The lowest BCUT2D eigenvalue weighted by Gasteiger charge is -2.05. The second kappa shape index (κ2) is 7.56. The highest BCUT2D eigenvalue weighted by Crippen LogP contribution is 2.36. The normalized spacial score (nSPS) is 11.7. The quantitative estimate of drug-likeness (QED) is 0.582. The summed E-state index contributed by atoms with van der Waals surface area (Å²) in [4.78, 5) is 16.3. The molecule has 7 heteroatoms. The Kier molecular flexibility index (Phi) is 5.74. The average molecular weight is 339 g/mol. The standard InChI is InChI=1S/C15H19ClN4OS/c1-4-6-12(21)17-11-8-7-10(16)13-14(11)22-15(18-13)20-19-9(3)5-2/h7-8H,4-6H2,1-3H3,(H,17,21)(H,18,20)/b19-9-. The molecular formula is C15H19ClN4OS. The molecule has 1 aromatic carbocycles. The van der Waals surface area contributed by atoms with Gasteiger partial charge in [-0.1, -0.05) is 36.8 Å². The Hall–Kier alpha value is -1.66. The fourth-order valence-corrected chi connectivity index (χ4v) is 2.94. The van der Waals surface area contributed by atoms with Crippen molar-refractivity contribution in [2.45, 2.75) is 40.0 Å². The summed E-state index contributed by atoms with van der Waals surface area (Å²) in [5, 5.41) is 8.37. The number of anilines is 2. The monoisotopic (exact) mass is 338 g/mol. The Morgan fingerprint density at radius 2 is 2.18 bits per heavy atom. The summed E-state index contributed by atoms with van der Waals surface area (Å²) in [6, 6.07) is 3.55.